The normalized spacial score (nSPS) is 12.4. The van der Waals surface area contributed by atoms with E-state index in [2.05, 4.69) is 5.32 Å². The van der Waals surface area contributed by atoms with E-state index < -0.39 is 16.1 Å². The molecule has 2 rings (SSSR count). The molecule has 8 nitrogen and oxygen atoms in total. The Bertz CT molecular complexity index is 872. The maximum Gasteiger partial charge on any atom is 0.241 e. The van der Waals surface area contributed by atoms with Crippen molar-refractivity contribution in [1.29, 1.82) is 0 Å². The molecule has 0 aliphatic carbocycles. The SMILES string of the molecule is CCOc1ccccc1OCCNCC(O)c1ccc(OC)c(S(N)(=O)=O)c1. The smallest absolute Gasteiger partial charge is 0.241 e. The van der Waals surface area contributed by atoms with Gasteiger partial charge >= 0.3 is 0 Å². The van der Waals surface area contributed by atoms with Crippen molar-refractivity contribution in [2.75, 3.05) is 33.4 Å². The van der Waals surface area contributed by atoms with E-state index >= 15 is 0 Å². The van der Waals surface area contributed by atoms with Crippen LogP contribution >= 0.6 is 0 Å². The van der Waals surface area contributed by atoms with E-state index in [1.807, 2.05) is 31.2 Å². The molecule has 0 radical (unpaired) electrons. The monoisotopic (exact) mass is 410 g/mol. The first-order valence-corrected chi connectivity index (χ1v) is 10.4. The van der Waals surface area contributed by atoms with Crippen molar-refractivity contribution in [3.8, 4) is 17.2 Å². The second kappa shape index (κ2) is 10.3. The van der Waals surface area contributed by atoms with Crippen molar-refractivity contribution in [3.05, 3.63) is 48.0 Å². The minimum absolute atomic E-state index is 0.132. The highest BCUT2D eigenvalue weighted by atomic mass is 32.2. The van der Waals surface area contributed by atoms with Crippen LogP contribution in [0.1, 0.15) is 18.6 Å². The average Bonchev–Trinajstić information content (AvgIpc) is 2.67. The second-order valence-corrected chi connectivity index (χ2v) is 7.43. The van der Waals surface area contributed by atoms with Gasteiger partial charge in [0.05, 0.1) is 19.8 Å². The summed E-state index contributed by atoms with van der Waals surface area (Å²) < 4.78 is 39.5. The predicted molar refractivity (Wildman–Crippen MR) is 105 cm³/mol. The summed E-state index contributed by atoms with van der Waals surface area (Å²) in [4.78, 5) is -0.164. The van der Waals surface area contributed by atoms with Gasteiger partial charge in [-0.2, -0.15) is 0 Å². The van der Waals surface area contributed by atoms with Gasteiger partial charge < -0.3 is 24.6 Å². The van der Waals surface area contributed by atoms with E-state index in [0.717, 1.165) is 0 Å². The Morgan fingerprint density at radius 1 is 1.11 bits per heavy atom. The molecule has 0 heterocycles. The standard InChI is InChI=1S/C19H26N2O6S/c1-3-26-16-6-4-5-7-17(16)27-11-10-21-13-15(22)14-8-9-18(25-2)19(12-14)28(20,23)24/h4-9,12,15,21-22H,3,10-11,13H2,1-2H3,(H2,20,23,24). The summed E-state index contributed by atoms with van der Waals surface area (Å²) in [6, 6.07) is 11.8. The second-order valence-electron chi connectivity index (χ2n) is 5.90. The van der Waals surface area contributed by atoms with Gasteiger partial charge in [-0.05, 0) is 36.8 Å². The third-order valence-corrected chi connectivity index (χ3v) is 4.83. The van der Waals surface area contributed by atoms with Gasteiger partial charge in [0.2, 0.25) is 10.0 Å². The molecule has 2 aromatic carbocycles. The summed E-state index contributed by atoms with van der Waals surface area (Å²) >= 11 is 0. The van der Waals surface area contributed by atoms with Crippen LogP contribution in [-0.2, 0) is 10.0 Å². The molecule has 0 amide bonds. The van der Waals surface area contributed by atoms with Crippen molar-refractivity contribution in [2.45, 2.75) is 17.9 Å². The van der Waals surface area contributed by atoms with E-state index in [1.54, 1.807) is 6.07 Å². The molecule has 0 spiro atoms. The lowest BCUT2D eigenvalue weighted by atomic mass is 10.1. The molecule has 0 fully saturated rings. The van der Waals surface area contributed by atoms with Crippen molar-refractivity contribution >= 4 is 10.0 Å². The molecular formula is C19H26N2O6S. The zero-order valence-electron chi connectivity index (χ0n) is 15.9. The van der Waals surface area contributed by atoms with Gasteiger partial charge in [0.25, 0.3) is 0 Å². The summed E-state index contributed by atoms with van der Waals surface area (Å²) in [6.45, 7) is 3.53. The number of aliphatic hydroxyl groups excluding tert-OH is 1. The van der Waals surface area contributed by atoms with E-state index in [0.29, 0.717) is 36.8 Å². The van der Waals surface area contributed by atoms with Gasteiger partial charge in [0, 0.05) is 13.1 Å². The van der Waals surface area contributed by atoms with Crippen molar-refractivity contribution in [3.63, 3.8) is 0 Å². The molecule has 28 heavy (non-hydrogen) atoms. The third-order valence-electron chi connectivity index (χ3n) is 3.90. The number of benzene rings is 2. The minimum Gasteiger partial charge on any atom is -0.495 e. The number of primary sulfonamides is 1. The molecule has 0 aliphatic rings. The topological polar surface area (TPSA) is 120 Å². The molecular weight excluding hydrogens is 384 g/mol. The van der Waals surface area contributed by atoms with E-state index in [-0.39, 0.29) is 17.2 Å². The highest BCUT2D eigenvalue weighted by Crippen LogP contribution is 2.27. The average molecular weight is 410 g/mol. The summed E-state index contributed by atoms with van der Waals surface area (Å²) in [5.74, 6) is 1.46. The first-order valence-electron chi connectivity index (χ1n) is 8.81. The lowest BCUT2D eigenvalue weighted by molar-refractivity contribution is 0.171. The molecule has 0 bridgehead atoms. The van der Waals surface area contributed by atoms with E-state index in [9.17, 15) is 13.5 Å². The Hall–Kier alpha value is -2.33. The molecule has 0 saturated heterocycles. The fraction of sp³-hybridized carbons (Fsp3) is 0.368. The fourth-order valence-corrected chi connectivity index (χ4v) is 3.29. The van der Waals surface area contributed by atoms with Gasteiger partial charge in [-0.25, -0.2) is 13.6 Å². The molecule has 0 aliphatic heterocycles. The summed E-state index contributed by atoms with van der Waals surface area (Å²) in [7, 11) is -2.61. The van der Waals surface area contributed by atoms with Gasteiger partial charge in [0.1, 0.15) is 17.3 Å². The maximum absolute atomic E-state index is 11.7. The summed E-state index contributed by atoms with van der Waals surface area (Å²) in [6.07, 6.45) is -0.915. The van der Waals surface area contributed by atoms with Crippen molar-refractivity contribution in [2.24, 2.45) is 5.14 Å². The Labute approximate surface area is 165 Å². The molecule has 0 aromatic heterocycles. The number of hydrogen-bond donors (Lipinski definition) is 3. The lowest BCUT2D eigenvalue weighted by Gasteiger charge is -2.15. The molecule has 1 atom stereocenters. The number of methoxy groups -OCH3 is 1. The zero-order valence-corrected chi connectivity index (χ0v) is 16.7. The molecule has 1 unspecified atom stereocenters. The first-order chi connectivity index (χ1) is 13.4. The number of sulfonamides is 1. The largest absolute Gasteiger partial charge is 0.495 e. The van der Waals surface area contributed by atoms with E-state index in [4.69, 9.17) is 19.3 Å². The maximum atomic E-state index is 11.7. The number of para-hydroxylation sites is 2. The van der Waals surface area contributed by atoms with Gasteiger partial charge in [-0.15, -0.1) is 0 Å². The molecule has 4 N–H and O–H groups in total. The van der Waals surface area contributed by atoms with Crippen LogP contribution in [0.25, 0.3) is 0 Å². The van der Waals surface area contributed by atoms with Crippen LogP contribution in [-0.4, -0.2) is 46.9 Å². The molecule has 9 heteroatoms. The van der Waals surface area contributed by atoms with Crippen molar-refractivity contribution < 1.29 is 27.7 Å². The molecule has 154 valence electrons. The highest BCUT2D eigenvalue weighted by molar-refractivity contribution is 7.89. The number of hydrogen-bond acceptors (Lipinski definition) is 7. The van der Waals surface area contributed by atoms with Crippen molar-refractivity contribution in [1.82, 2.24) is 5.32 Å². The van der Waals surface area contributed by atoms with Crippen LogP contribution in [0.3, 0.4) is 0 Å². The molecule has 2 aromatic rings. The van der Waals surface area contributed by atoms with Crippen LogP contribution in [0.2, 0.25) is 0 Å². The van der Waals surface area contributed by atoms with Gasteiger partial charge in [0.15, 0.2) is 11.5 Å². The quantitative estimate of drug-likeness (QED) is 0.480. The Kier molecular flexibility index (Phi) is 8.06. The van der Waals surface area contributed by atoms with Crippen LogP contribution < -0.4 is 24.7 Å². The van der Waals surface area contributed by atoms with E-state index in [1.165, 1.54) is 19.2 Å². The van der Waals surface area contributed by atoms with Gasteiger partial charge in [-0.1, -0.05) is 18.2 Å². The fourth-order valence-electron chi connectivity index (χ4n) is 2.56. The summed E-state index contributed by atoms with van der Waals surface area (Å²) in [5, 5.41) is 18.6. The Balaban J connectivity index is 1.87. The molecule has 0 saturated carbocycles. The first kappa shape index (κ1) is 22.0. The lowest BCUT2D eigenvalue weighted by Crippen LogP contribution is -2.26. The Morgan fingerprint density at radius 3 is 2.39 bits per heavy atom. The van der Waals surface area contributed by atoms with Gasteiger partial charge in [-0.3, -0.25) is 0 Å². The highest BCUT2D eigenvalue weighted by Gasteiger charge is 2.18. The predicted octanol–water partition coefficient (Wildman–Crippen LogP) is 1.44. The number of nitrogens with one attached hydrogen (secondary N) is 1. The van der Waals surface area contributed by atoms with Crippen LogP contribution in [0, 0.1) is 0 Å². The number of aliphatic hydroxyl groups is 1. The van der Waals surface area contributed by atoms with Crippen LogP contribution in [0.4, 0.5) is 0 Å². The van der Waals surface area contributed by atoms with Crippen LogP contribution in [0.5, 0.6) is 17.2 Å². The minimum atomic E-state index is -3.96. The number of nitrogens with two attached hydrogens (primary N) is 1. The number of rotatable bonds is 11. The Morgan fingerprint density at radius 2 is 1.79 bits per heavy atom. The third kappa shape index (κ3) is 6.10. The summed E-state index contributed by atoms with van der Waals surface area (Å²) in [5.41, 5.74) is 0.417. The zero-order chi connectivity index (χ0) is 20.6. The number of ether oxygens (including phenoxy) is 3. The van der Waals surface area contributed by atoms with Crippen LogP contribution in [0.15, 0.2) is 47.4 Å².